The van der Waals surface area contributed by atoms with E-state index in [0.29, 0.717) is 0 Å². The van der Waals surface area contributed by atoms with E-state index in [-0.39, 0.29) is 13.2 Å². The van der Waals surface area contributed by atoms with Crippen molar-refractivity contribution in [2.45, 2.75) is 20.1 Å². The normalized spacial score (nSPS) is 13.5. The average Bonchev–Trinajstić information content (AvgIpc) is 2.10. The molecule has 0 saturated carbocycles. The van der Waals surface area contributed by atoms with E-state index in [9.17, 15) is 16.8 Å². The molecule has 0 aliphatic rings. The molecule has 0 aromatic heterocycles. The van der Waals surface area contributed by atoms with Gasteiger partial charge < -0.3 is 9.47 Å². The van der Waals surface area contributed by atoms with Crippen LogP contribution in [0, 0.1) is 0 Å². The molecule has 0 rings (SSSR count). The lowest BCUT2D eigenvalue weighted by Crippen LogP contribution is -2.42. The number of hydrogen-bond donors (Lipinski definition) is 2. The molecule has 0 aromatic rings. The summed E-state index contributed by atoms with van der Waals surface area (Å²) < 4.78 is 69.6. The van der Waals surface area contributed by atoms with Crippen LogP contribution in [-0.2, 0) is 30.1 Å². The second kappa shape index (κ2) is 6.58. The van der Waals surface area contributed by atoms with Crippen molar-refractivity contribution < 1.29 is 35.4 Å². The molecule has 0 fully saturated rings. The van der Waals surface area contributed by atoms with E-state index in [1.807, 2.05) is 0 Å². The molecule has 104 valence electrons. The molecule has 9 nitrogen and oxygen atoms in total. The predicted octanol–water partition coefficient (Wildman–Crippen LogP) is -0.707. The maximum atomic E-state index is 10.8. The minimum Gasteiger partial charge on any atom is -0.351 e. The third-order valence-corrected chi connectivity index (χ3v) is 3.98. The van der Waals surface area contributed by atoms with Crippen molar-refractivity contribution in [3.05, 3.63) is 0 Å². The van der Waals surface area contributed by atoms with Crippen molar-refractivity contribution in [3.8, 4) is 0 Å². The maximum Gasteiger partial charge on any atom is 0.351 e. The first-order valence-corrected chi connectivity index (χ1v) is 7.38. The van der Waals surface area contributed by atoms with E-state index in [1.54, 1.807) is 13.8 Å². The fourth-order valence-corrected chi connectivity index (χ4v) is 2.53. The zero-order valence-corrected chi connectivity index (χ0v) is 10.9. The van der Waals surface area contributed by atoms with Crippen molar-refractivity contribution in [1.82, 2.24) is 3.71 Å². The molecule has 0 aliphatic carbocycles. The van der Waals surface area contributed by atoms with Gasteiger partial charge in [-0.2, -0.15) is 16.8 Å². The summed E-state index contributed by atoms with van der Waals surface area (Å²) in [6, 6.07) is 0. The Kier molecular flexibility index (Phi) is 6.47. The minimum absolute atomic E-state index is 0.134. The highest BCUT2D eigenvalue weighted by Gasteiger charge is 2.34. The van der Waals surface area contributed by atoms with Crippen LogP contribution in [0.4, 0.5) is 0 Å². The van der Waals surface area contributed by atoms with Crippen molar-refractivity contribution in [2.75, 3.05) is 19.8 Å². The molecule has 11 heteroatoms. The fraction of sp³-hybridized carbons (Fsp3) is 1.00. The Morgan fingerprint density at radius 1 is 1.00 bits per heavy atom. The predicted molar refractivity (Wildman–Crippen MR) is 56.8 cm³/mol. The third kappa shape index (κ3) is 6.26. The second-order valence-corrected chi connectivity index (χ2v) is 5.66. The lowest BCUT2D eigenvalue weighted by atomic mass is 10.6. The van der Waals surface area contributed by atoms with Crippen molar-refractivity contribution in [2.24, 2.45) is 0 Å². The summed E-state index contributed by atoms with van der Waals surface area (Å²) in [6.45, 7) is 2.55. The maximum absolute atomic E-state index is 10.8. The van der Waals surface area contributed by atoms with Gasteiger partial charge >= 0.3 is 20.6 Å². The van der Waals surface area contributed by atoms with Gasteiger partial charge in [-0.05, 0) is 17.6 Å². The summed E-state index contributed by atoms with van der Waals surface area (Å²) in [5.41, 5.74) is 0. The fourth-order valence-electron chi connectivity index (χ4n) is 0.954. The van der Waals surface area contributed by atoms with Crippen LogP contribution < -0.4 is 0 Å². The van der Waals surface area contributed by atoms with Crippen LogP contribution in [-0.4, -0.2) is 55.7 Å². The van der Waals surface area contributed by atoms with Gasteiger partial charge in [0.2, 0.25) is 0 Å². The van der Waals surface area contributed by atoms with Gasteiger partial charge in [-0.1, -0.05) is 0 Å². The van der Waals surface area contributed by atoms with Gasteiger partial charge in [-0.15, -0.1) is 0 Å². The van der Waals surface area contributed by atoms with Crippen LogP contribution in [0.25, 0.3) is 0 Å². The molecule has 17 heavy (non-hydrogen) atoms. The summed E-state index contributed by atoms with van der Waals surface area (Å²) in [6.07, 6.45) is -1.21. The molecule has 0 radical (unpaired) electrons. The highest BCUT2D eigenvalue weighted by atomic mass is 32.3. The van der Waals surface area contributed by atoms with Gasteiger partial charge in [0.1, 0.15) is 0 Å². The first-order valence-electron chi connectivity index (χ1n) is 4.58. The van der Waals surface area contributed by atoms with E-state index >= 15 is 0 Å². The Bertz CT molecular complexity index is 377. The number of ether oxygens (including phenoxy) is 2. The largest absolute Gasteiger partial charge is 0.351 e. The van der Waals surface area contributed by atoms with Gasteiger partial charge in [0.05, 0.1) is 6.54 Å². The van der Waals surface area contributed by atoms with Crippen LogP contribution in [0.1, 0.15) is 13.8 Å². The molecule has 0 heterocycles. The van der Waals surface area contributed by atoms with E-state index < -0.39 is 37.2 Å². The lowest BCUT2D eigenvalue weighted by molar-refractivity contribution is -0.136. The summed E-state index contributed by atoms with van der Waals surface area (Å²) >= 11 is 0. The second-order valence-electron chi connectivity index (χ2n) is 2.75. The van der Waals surface area contributed by atoms with E-state index in [0.717, 1.165) is 0 Å². The Morgan fingerprint density at radius 2 is 1.35 bits per heavy atom. The number of rotatable bonds is 8. The van der Waals surface area contributed by atoms with Crippen molar-refractivity contribution in [3.63, 3.8) is 0 Å². The van der Waals surface area contributed by atoms with E-state index in [4.69, 9.17) is 18.6 Å². The Balaban J connectivity index is 4.98. The summed E-state index contributed by atoms with van der Waals surface area (Å²) in [7, 11) is -10.2. The van der Waals surface area contributed by atoms with Crippen molar-refractivity contribution in [1.29, 1.82) is 0 Å². The highest BCUT2D eigenvalue weighted by Crippen LogP contribution is 2.08. The molecule has 0 spiro atoms. The summed E-state index contributed by atoms with van der Waals surface area (Å²) in [5, 5.41) is 0. The molecule has 0 atom stereocenters. The number of hydrogen-bond acceptors (Lipinski definition) is 6. The zero-order valence-electron chi connectivity index (χ0n) is 9.31. The smallest absolute Gasteiger partial charge is 0.351 e. The summed E-state index contributed by atoms with van der Waals surface area (Å²) in [4.78, 5) is 0. The van der Waals surface area contributed by atoms with Crippen LogP contribution in [0.2, 0.25) is 0 Å². The monoisotopic (exact) mass is 293 g/mol. The Hall–Kier alpha value is -0.300. The molecule has 0 aromatic carbocycles. The first kappa shape index (κ1) is 16.7. The molecule has 2 N–H and O–H groups in total. The molecule has 0 aliphatic heterocycles. The Labute approximate surface area is 100 Å². The molecule has 0 amide bonds. The summed E-state index contributed by atoms with van der Waals surface area (Å²) in [5.74, 6) is 0. The number of nitrogens with zero attached hydrogens (tertiary/aromatic N) is 1. The minimum atomic E-state index is -5.12. The quantitative estimate of drug-likeness (QED) is 0.443. The SMILES string of the molecule is CCOC(CN(S(=O)(=O)O)S(=O)(=O)O)OCC. The van der Waals surface area contributed by atoms with Gasteiger partial charge in [0.25, 0.3) is 0 Å². The average molecular weight is 293 g/mol. The van der Waals surface area contributed by atoms with Gasteiger partial charge in [0, 0.05) is 13.2 Å². The zero-order chi connectivity index (χ0) is 13.7. The van der Waals surface area contributed by atoms with Gasteiger partial charge in [0.15, 0.2) is 6.29 Å². The van der Waals surface area contributed by atoms with Crippen molar-refractivity contribution >= 4 is 20.6 Å². The van der Waals surface area contributed by atoms with Gasteiger partial charge in [-0.25, -0.2) is 0 Å². The lowest BCUT2D eigenvalue weighted by Gasteiger charge is -2.21. The van der Waals surface area contributed by atoms with Crippen LogP contribution in [0.3, 0.4) is 0 Å². The molecule has 0 saturated heterocycles. The molecule has 0 bridgehead atoms. The topological polar surface area (TPSA) is 130 Å². The highest BCUT2D eigenvalue weighted by molar-refractivity contribution is 7.98. The Morgan fingerprint density at radius 3 is 1.59 bits per heavy atom. The molecular formula is C6H15NO8S2. The standard InChI is InChI=1S/C6H15NO8S2/c1-3-14-6(15-4-2)5-7(16(8,9)10)17(11,12)13/h6H,3-5H2,1-2H3,(H,8,9,10)(H,11,12,13). The van der Waals surface area contributed by atoms with Crippen LogP contribution in [0.5, 0.6) is 0 Å². The van der Waals surface area contributed by atoms with Crippen LogP contribution >= 0.6 is 0 Å². The molecular weight excluding hydrogens is 278 g/mol. The third-order valence-electron chi connectivity index (χ3n) is 1.52. The van der Waals surface area contributed by atoms with Crippen LogP contribution in [0.15, 0.2) is 0 Å². The van der Waals surface area contributed by atoms with E-state index in [1.165, 1.54) is 0 Å². The molecule has 0 unspecified atom stereocenters. The van der Waals surface area contributed by atoms with E-state index in [2.05, 4.69) is 0 Å². The van der Waals surface area contributed by atoms with Gasteiger partial charge in [-0.3, -0.25) is 9.11 Å². The first-order chi connectivity index (χ1) is 7.62.